The molecule has 1 N–H and O–H groups in total. The molecule has 21 heavy (non-hydrogen) atoms. The fourth-order valence-corrected chi connectivity index (χ4v) is 3.11. The summed E-state index contributed by atoms with van der Waals surface area (Å²) >= 11 is 0. The second kappa shape index (κ2) is 6.12. The SMILES string of the molecule is CCC1(C)CC(NCc2cccc3cccnc23)CCO1. The number of ether oxygens (including phenoxy) is 1. The first-order chi connectivity index (χ1) is 10.2. The zero-order valence-corrected chi connectivity index (χ0v) is 12.9. The molecule has 3 rings (SSSR count). The van der Waals surface area contributed by atoms with Crippen molar-refractivity contribution in [2.75, 3.05) is 6.61 Å². The van der Waals surface area contributed by atoms with Gasteiger partial charge in [-0.05, 0) is 37.8 Å². The molecule has 0 bridgehead atoms. The van der Waals surface area contributed by atoms with Gasteiger partial charge in [-0.25, -0.2) is 0 Å². The van der Waals surface area contributed by atoms with Gasteiger partial charge in [0.25, 0.3) is 0 Å². The van der Waals surface area contributed by atoms with E-state index in [0.717, 1.165) is 37.9 Å². The van der Waals surface area contributed by atoms with Crippen LogP contribution in [0.5, 0.6) is 0 Å². The quantitative estimate of drug-likeness (QED) is 0.930. The molecule has 3 nitrogen and oxygen atoms in total. The average Bonchev–Trinajstić information content (AvgIpc) is 2.53. The Morgan fingerprint density at radius 2 is 2.19 bits per heavy atom. The highest BCUT2D eigenvalue weighted by Crippen LogP contribution is 2.28. The lowest BCUT2D eigenvalue weighted by molar-refractivity contribution is -0.0781. The molecule has 2 aromatic rings. The Balaban J connectivity index is 1.69. The van der Waals surface area contributed by atoms with Gasteiger partial charge >= 0.3 is 0 Å². The lowest BCUT2D eigenvalue weighted by atomic mass is 9.90. The Kier molecular flexibility index (Phi) is 4.22. The van der Waals surface area contributed by atoms with Crippen LogP contribution in [0.2, 0.25) is 0 Å². The van der Waals surface area contributed by atoms with Gasteiger partial charge in [0.05, 0.1) is 11.1 Å². The molecule has 1 aliphatic heterocycles. The van der Waals surface area contributed by atoms with E-state index in [1.54, 1.807) is 0 Å². The molecule has 0 radical (unpaired) electrons. The number of nitrogens with zero attached hydrogens (tertiary/aromatic N) is 1. The van der Waals surface area contributed by atoms with Crippen LogP contribution in [0.25, 0.3) is 10.9 Å². The molecule has 0 amide bonds. The van der Waals surface area contributed by atoms with Crippen LogP contribution in [0.3, 0.4) is 0 Å². The number of pyridine rings is 1. The van der Waals surface area contributed by atoms with Crippen molar-refractivity contribution in [3.8, 4) is 0 Å². The summed E-state index contributed by atoms with van der Waals surface area (Å²) in [7, 11) is 0. The van der Waals surface area contributed by atoms with Gasteiger partial charge in [0.1, 0.15) is 0 Å². The predicted molar refractivity (Wildman–Crippen MR) is 86.3 cm³/mol. The topological polar surface area (TPSA) is 34.2 Å². The first-order valence-corrected chi connectivity index (χ1v) is 7.90. The molecule has 3 heteroatoms. The molecule has 2 unspecified atom stereocenters. The average molecular weight is 284 g/mol. The fourth-order valence-electron chi connectivity index (χ4n) is 3.11. The van der Waals surface area contributed by atoms with Gasteiger partial charge in [0.2, 0.25) is 0 Å². The maximum atomic E-state index is 5.91. The maximum absolute atomic E-state index is 5.91. The summed E-state index contributed by atoms with van der Waals surface area (Å²) in [6, 6.07) is 11.0. The van der Waals surface area contributed by atoms with Crippen molar-refractivity contribution >= 4 is 10.9 Å². The largest absolute Gasteiger partial charge is 0.375 e. The number of hydrogen-bond acceptors (Lipinski definition) is 3. The third kappa shape index (κ3) is 3.25. The van der Waals surface area contributed by atoms with Gasteiger partial charge in [0.15, 0.2) is 0 Å². The maximum Gasteiger partial charge on any atom is 0.0746 e. The Labute approximate surface area is 126 Å². The van der Waals surface area contributed by atoms with E-state index in [1.165, 1.54) is 10.9 Å². The van der Waals surface area contributed by atoms with E-state index in [0.29, 0.717) is 6.04 Å². The van der Waals surface area contributed by atoms with E-state index < -0.39 is 0 Å². The van der Waals surface area contributed by atoms with Crippen LogP contribution in [0.1, 0.15) is 38.7 Å². The lowest BCUT2D eigenvalue weighted by Crippen LogP contribution is -2.44. The Morgan fingerprint density at radius 3 is 3.05 bits per heavy atom. The van der Waals surface area contributed by atoms with Gasteiger partial charge < -0.3 is 10.1 Å². The van der Waals surface area contributed by atoms with Crippen LogP contribution < -0.4 is 5.32 Å². The Bertz CT molecular complexity index is 608. The highest BCUT2D eigenvalue weighted by atomic mass is 16.5. The Morgan fingerprint density at radius 1 is 1.33 bits per heavy atom. The van der Waals surface area contributed by atoms with E-state index >= 15 is 0 Å². The van der Waals surface area contributed by atoms with Crippen molar-refractivity contribution < 1.29 is 4.74 Å². The van der Waals surface area contributed by atoms with Crippen LogP contribution in [0.15, 0.2) is 36.5 Å². The van der Waals surface area contributed by atoms with Gasteiger partial charge in [0, 0.05) is 30.8 Å². The van der Waals surface area contributed by atoms with Crippen LogP contribution >= 0.6 is 0 Å². The molecule has 2 heterocycles. The second-order valence-corrected chi connectivity index (χ2v) is 6.21. The van der Waals surface area contributed by atoms with Gasteiger partial charge in [-0.15, -0.1) is 0 Å². The van der Waals surface area contributed by atoms with Gasteiger partial charge in [-0.3, -0.25) is 4.98 Å². The number of nitrogens with one attached hydrogen (secondary N) is 1. The van der Waals surface area contributed by atoms with Crippen molar-refractivity contribution in [3.05, 3.63) is 42.1 Å². The summed E-state index contributed by atoms with van der Waals surface area (Å²) < 4.78 is 5.91. The minimum atomic E-state index is 0.0346. The minimum absolute atomic E-state index is 0.0346. The summed E-state index contributed by atoms with van der Waals surface area (Å²) in [4.78, 5) is 4.52. The summed E-state index contributed by atoms with van der Waals surface area (Å²) in [5.41, 5.74) is 2.42. The summed E-state index contributed by atoms with van der Waals surface area (Å²) in [6.45, 7) is 6.16. The molecule has 0 spiro atoms. The first kappa shape index (κ1) is 14.5. The standard InChI is InChI=1S/C18H24N2O/c1-3-18(2)12-16(9-11-21-18)20-13-15-7-4-6-14-8-5-10-19-17(14)15/h4-8,10,16,20H,3,9,11-13H2,1-2H3. The van der Waals surface area contributed by atoms with Crippen molar-refractivity contribution in [1.82, 2.24) is 10.3 Å². The van der Waals surface area contributed by atoms with Crippen molar-refractivity contribution in [2.45, 2.75) is 51.3 Å². The van der Waals surface area contributed by atoms with Crippen LogP contribution in [0, 0.1) is 0 Å². The third-order valence-corrected chi connectivity index (χ3v) is 4.64. The minimum Gasteiger partial charge on any atom is -0.375 e. The van der Waals surface area contributed by atoms with Crippen LogP contribution in [0.4, 0.5) is 0 Å². The third-order valence-electron chi connectivity index (χ3n) is 4.64. The molecule has 0 aliphatic carbocycles. The molecular weight excluding hydrogens is 260 g/mol. The predicted octanol–water partition coefficient (Wildman–Crippen LogP) is 3.67. The normalized spacial score (nSPS) is 26.1. The number of rotatable bonds is 4. The Hall–Kier alpha value is -1.45. The van der Waals surface area contributed by atoms with E-state index in [-0.39, 0.29) is 5.60 Å². The molecule has 0 saturated carbocycles. The monoisotopic (exact) mass is 284 g/mol. The van der Waals surface area contributed by atoms with Crippen LogP contribution in [-0.4, -0.2) is 23.2 Å². The number of aromatic nitrogens is 1. The molecule has 1 fully saturated rings. The molecule has 1 aromatic carbocycles. The van der Waals surface area contributed by atoms with Crippen molar-refractivity contribution in [2.24, 2.45) is 0 Å². The molecule has 1 aromatic heterocycles. The smallest absolute Gasteiger partial charge is 0.0746 e. The molecule has 1 aliphatic rings. The van der Waals surface area contributed by atoms with E-state index in [9.17, 15) is 0 Å². The summed E-state index contributed by atoms with van der Waals surface area (Å²) in [6.07, 6.45) is 5.12. The number of benzene rings is 1. The first-order valence-electron chi connectivity index (χ1n) is 7.90. The van der Waals surface area contributed by atoms with E-state index in [1.807, 2.05) is 12.3 Å². The van der Waals surface area contributed by atoms with Crippen molar-refractivity contribution in [1.29, 1.82) is 0 Å². The number of fused-ring (bicyclic) bond motifs is 1. The highest BCUT2D eigenvalue weighted by Gasteiger charge is 2.31. The van der Waals surface area contributed by atoms with Crippen LogP contribution in [-0.2, 0) is 11.3 Å². The van der Waals surface area contributed by atoms with Crippen molar-refractivity contribution in [3.63, 3.8) is 0 Å². The molecule has 1 saturated heterocycles. The zero-order valence-electron chi connectivity index (χ0n) is 12.9. The van der Waals surface area contributed by atoms with Gasteiger partial charge in [-0.2, -0.15) is 0 Å². The second-order valence-electron chi connectivity index (χ2n) is 6.21. The fraction of sp³-hybridized carbons (Fsp3) is 0.500. The highest BCUT2D eigenvalue weighted by molar-refractivity contribution is 5.81. The molecular formula is C18H24N2O. The lowest BCUT2D eigenvalue weighted by Gasteiger charge is -2.38. The molecule has 2 atom stereocenters. The molecule has 112 valence electrons. The summed E-state index contributed by atoms with van der Waals surface area (Å²) in [5.74, 6) is 0. The zero-order chi connectivity index (χ0) is 14.7. The number of para-hydroxylation sites is 1. The van der Waals surface area contributed by atoms with E-state index in [4.69, 9.17) is 4.74 Å². The number of hydrogen-bond donors (Lipinski definition) is 1. The van der Waals surface area contributed by atoms with Gasteiger partial charge in [-0.1, -0.05) is 31.2 Å². The summed E-state index contributed by atoms with van der Waals surface area (Å²) in [5, 5.41) is 4.91. The van der Waals surface area contributed by atoms with E-state index in [2.05, 4.69) is 48.4 Å².